The second kappa shape index (κ2) is 6.59. The zero-order valence-corrected chi connectivity index (χ0v) is 12.5. The first-order valence-electron chi connectivity index (χ1n) is 6.53. The van der Waals surface area contributed by atoms with Gasteiger partial charge < -0.3 is 10.8 Å². The Labute approximate surface area is 128 Å². The van der Waals surface area contributed by atoms with E-state index in [1.807, 2.05) is 0 Å². The topological polar surface area (TPSA) is 109 Å². The van der Waals surface area contributed by atoms with Crippen LogP contribution in [0.5, 0.6) is 0 Å². The van der Waals surface area contributed by atoms with Crippen molar-refractivity contribution in [2.75, 3.05) is 5.73 Å². The van der Waals surface area contributed by atoms with Gasteiger partial charge in [0.1, 0.15) is 6.04 Å². The molecule has 7 heteroatoms. The monoisotopic (exact) mass is 320 g/mol. The third-order valence-electron chi connectivity index (χ3n) is 3.05. The molecule has 0 heterocycles. The van der Waals surface area contributed by atoms with E-state index in [1.165, 1.54) is 18.2 Å². The summed E-state index contributed by atoms with van der Waals surface area (Å²) in [4.78, 5) is 11.3. The second-order valence-electron chi connectivity index (χ2n) is 4.77. The minimum atomic E-state index is -3.96. The summed E-state index contributed by atoms with van der Waals surface area (Å²) in [5.41, 5.74) is 6.58. The summed E-state index contributed by atoms with van der Waals surface area (Å²) in [5.74, 6) is -1.24. The predicted octanol–water partition coefficient (Wildman–Crippen LogP) is 1.24. The molecular formula is C15H16N2O4S. The van der Waals surface area contributed by atoms with Crippen LogP contribution in [0, 0.1) is 0 Å². The summed E-state index contributed by atoms with van der Waals surface area (Å²) in [7, 11) is -3.96. The van der Waals surface area contributed by atoms with E-state index in [0.29, 0.717) is 0 Å². The van der Waals surface area contributed by atoms with Crippen molar-refractivity contribution in [2.45, 2.75) is 17.4 Å². The third-order valence-corrected chi connectivity index (χ3v) is 4.52. The second-order valence-corrected chi connectivity index (χ2v) is 6.49. The van der Waals surface area contributed by atoms with Crippen molar-refractivity contribution in [3.05, 3.63) is 60.2 Å². The molecule has 0 amide bonds. The number of carboxylic acid groups (broad SMARTS) is 1. The molecule has 4 N–H and O–H groups in total. The van der Waals surface area contributed by atoms with E-state index >= 15 is 0 Å². The highest BCUT2D eigenvalue weighted by molar-refractivity contribution is 7.89. The molecular weight excluding hydrogens is 304 g/mol. The van der Waals surface area contributed by atoms with Gasteiger partial charge in [-0.1, -0.05) is 36.4 Å². The van der Waals surface area contributed by atoms with Crippen LogP contribution in [0.4, 0.5) is 5.69 Å². The molecule has 0 spiro atoms. The fraction of sp³-hybridized carbons (Fsp3) is 0.133. The van der Waals surface area contributed by atoms with Crippen molar-refractivity contribution >= 4 is 21.7 Å². The Bertz CT molecular complexity index is 760. The molecule has 0 aliphatic heterocycles. The van der Waals surface area contributed by atoms with Crippen LogP contribution in [-0.4, -0.2) is 25.5 Å². The van der Waals surface area contributed by atoms with Crippen LogP contribution in [0.2, 0.25) is 0 Å². The van der Waals surface area contributed by atoms with Gasteiger partial charge in [0.05, 0.1) is 4.90 Å². The number of rotatable bonds is 6. The fourth-order valence-corrected chi connectivity index (χ4v) is 3.21. The molecule has 22 heavy (non-hydrogen) atoms. The number of nitrogens with two attached hydrogens (primary N) is 1. The molecule has 0 saturated heterocycles. The molecule has 0 radical (unpaired) electrons. The molecule has 0 aliphatic rings. The Morgan fingerprint density at radius 3 is 2.41 bits per heavy atom. The molecule has 116 valence electrons. The van der Waals surface area contributed by atoms with E-state index in [1.54, 1.807) is 36.4 Å². The summed E-state index contributed by atoms with van der Waals surface area (Å²) in [6, 6.07) is 13.2. The zero-order chi connectivity index (χ0) is 16.2. The molecule has 2 aromatic carbocycles. The van der Waals surface area contributed by atoms with E-state index in [2.05, 4.69) is 4.72 Å². The zero-order valence-electron chi connectivity index (χ0n) is 11.6. The van der Waals surface area contributed by atoms with E-state index in [0.717, 1.165) is 5.56 Å². The Hall–Kier alpha value is -2.38. The van der Waals surface area contributed by atoms with Gasteiger partial charge in [0.2, 0.25) is 10.0 Å². The highest BCUT2D eigenvalue weighted by Gasteiger charge is 2.25. The fourth-order valence-electron chi connectivity index (χ4n) is 1.97. The SMILES string of the molecule is Nc1cccc(S(=O)(=O)N[C@H](Cc2ccccc2)C(=O)O)c1. The van der Waals surface area contributed by atoms with Gasteiger partial charge in [0.15, 0.2) is 0 Å². The van der Waals surface area contributed by atoms with Gasteiger partial charge in [-0.25, -0.2) is 8.42 Å². The Balaban J connectivity index is 2.22. The standard InChI is InChI=1S/C15H16N2O4S/c16-12-7-4-8-13(10-12)22(20,21)17-14(15(18)19)9-11-5-2-1-3-6-11/h1-8,10,14,17H,9,16H2,(H,18,19)/t14-/m1/s1. The Morgan fingerprint density at radius 1 is 1.14 bits per heavy atom. The van der Waals surface area contributed by atoms with Crippen LogP contribution >= 0.6 is 0 Å². The Morgan fingerprint density at radius 2 is 1.82 bits per heavy atom. The maximum atomic E-state index is 12.3. The lowest BCUT2D eigenvalue weighted by molar-refractivity contribution is -0.138. The summed E-state index contributed by atoms with van der Waals surface area (Å²) in [6.45, 7) is 0. The summed E-state index contributed by atoms with van der Waals surface area (Å²) in [6.07, 6.45) is 0.0533. The van der Waals surface area contributed by atoms with E-state index < -0.39 is 22.0 Å². The number of hydrogen-bond acceptors (Lipinski definition) is 4. The van der Waals surface area contributed by atoms with Gasteiger partial charge in [0, 0.05) is 5.69 Å². The van der Waals surface area contributed by atoms with Crippen molar-refractivity contribution in [2.24, 2.45) is 0 Å². The third kappa shape index (κ3) is 4.06. The van der Waals surface area contributed by atoms with E-state index in [-0.39, 0.29) is 17.0 Å². The molecule has 0 unspecified atom stereocenters. The number of nitrogens with one attached hydrogen (secondary N) is 1. The Kier molecular flexibility index (Phi) is 4.79. The van der Waals surface area contributed by atoms with Gasteiger partial charge in [-0.05, 0) is 30.2 Å². The number of sulfonamides is 1. The minimum absolute atomic E-state index is 0.0533. The summed E-state index contributed by atoms with van der Waals surface area (Å²) >= 11 is 0. The smallest absolute Gasteiger partial charge is 0.322 e. The molecule has 6 nitrogen and oxygen atoms in total. The van der Waals surface area contributed by atoms with Crippen LogP contribution in [0.25, 0.3) is 0 Å². The molecule has 0 saturated carbocycles. The van der Waals surface area contributed by atoms with Crippen LogP contribution in [0.15, 0.2) is 59.5 Å². The number of anilines is 1. The van der Waals surface area contributed by atoms with Crippen molar-refractivity contribution < 1.29 is 18.3 Å². The highest BCUT2D eigenvalue weighted by atomic mass is 32.2. The average Bonchev–Trinajstić information content (AvgIpc) is 2.47. The molecule has 2 rings (SSSR count). The summed E-state index contributed by atoms with van der Waals surface area (Å²) in [5, 5.41) is 9.25. The van der Waals surface area contributed by atoms with Gasteiger partial charge in [0.25, 0.3) is 0 Å². The number of hydrogen-bond donors (Lipinski definition) is 3. The van der Waals surface area contributed by atoms with Crippen LogP contribution < -0.4 is 10.5 Å². The number of carboxylic acids is 1. The lowest BCUT2D eigenvalue weighted by Crippen LogP contribution is -2.42. The quantitative estimate of drug-likeness (QED) is 0.694. The van der Waals surface area contributed by atoms with E-state index in [4.69, 9.17) is 5.73 Å². The van der Waals surface area contributed by atoms with E-state index in [9.17, 15) is 18.3 Å². The molecule has 0 aliphatic carbocycles. The number of aliphatic carboxylic acids is 1. The van der Waals surface area contributed by atoms with Gasteiger partial charge in [-0.15, -0.1) is 0 Å². The minimum Gasteiger partial charge on any atom is -0.480 e. The highest BCUT2D eigenvalue weighted by Crippen LogP contribution is 2.14. The predicted molar refractivity (Wildman–Crippen MR) is 82.7 cm³/mol. The number of nitrogen functional groups attached to an aromatic ring is 1. The van der Waals surface area contributed by atoms with Crippen LogP contribution in [0.3, 0.4) is 0 Å². The van der Waals surface area contributed by atoms with Gasteiger partial charge in [-0.3, -0.25) is 4.79 Å². The first-order chi connectivity index (χ1) is 10.4. The van der Waals surface area contributed by atoms with Crippen molar-refractivity contribution in [1.82, 2.24) is 4.72 Å². The maximum absolute atomic E-state index is 12.3. The summed E-state index contributed by atoms with van der Waals surface area (Å²) < 4.78 is 26.7. The van der Waals surface area contributed by atoms with Gasteiger partial charge >= 0.3 is 5.97 Å². The van der Waals surface area contributed by atoms with Crippen molar-refractivity contribution in [1.29, 1.82) is 0 Å². The average molecular weight is 320 g/mol. The van der Waals surface area contributed by atoms with Crippen LogP contribution in [-0.2, 0) is 21.2 Å². The molecule has 0 fully saturated rings. The van der Waals surface area contributed by atoms with Crippen LogP contribution in [0.1, 0.15) is 5.56 Å². The molecule has 2 aromatic rings. The maximum Gasteiger partial charge on any atom is 0.322 e. The number of benzene rings is 2. The lowest BCUT2D eigenvalue weighted by atomic mass is 10.1. The molecule has 1 atom stereocenters. The van der Waals surface area contributed by atoms with Crippen molar-refractivity contribution in [3.63, 3.8) is 0 Å². The molecule has 0 bridgehead atoms. The number of carbonyl (C=O) groups is 1. The molecule has 0 aromatic heterocycles. The van der Waals surface area contributed by atoms with Gasteiger partial charge in [-0.2, -0.15) is 4.72 Å². The lowest BCUT2D eigenvalue weighted by Gasteiger charge is -2.15. The largest absolute Gasteiger partial charge is 0.480 e. The van der Waals surface area contributed by atoms with Crippen molar-refractivity contribution in [3.8, 4) is 0 Å². The first kappa shape index (κ1) is 16.0. The normalized spacial score (nSPS) is 12.7. The first-order valence-corrected chi connectivity index (χ1v) is 8.01.